The van der Waals surface area contributed by atoms with Crippen LogP contribution in [0.15, 0.2) is 46.9 Å². The second kappa shape index (κ2) is 5.84. The standard InChI is InChI=1S/C13H11BrINO/c14-13-7-12(4-1-9(13)8-16)17-11-5-2-10(15)3-6-11/h1-7H,8,16H2. The monoisotopic (exact) mass is 403 g/mol. The molecule has 0 aliphatic carbocycles. The minimum absolute atomic E-state index is 0.518. The molecule has 17 heavy (non-hydrogen) atoms. The van der Waals surface area contributed by atoms with Crippen molar-refractivity contribution in [2.75, 3.05) is 0 Å². The molecular formula is C13H11BrINO. The number of rotatable bonds is 3. The van der Waals surface area contributed by atoms with E-state index in [-0.39, 0.29) is 0 Å². The van der Waals surface area contributed by atoms with E-state index < -0.39 is 0 Å². The Bertz CT molecular complexity index is 513. The second-order valence-corrected chi connectivity index (χ2v) is 5.61. The third-order valence-corrected chi connectivity index (χ3v) is 3.75. The molecule has 2 aromatic carbocycles. The van der Waals surface area contributed by atoms with E-state index in [1.165, 1.54) is 3.57 Å². The highest BCUT2D eigenvalue weighted by atomic mass is 127. The van der Waals surface area contributed by atoms with Gasteiger partial charge in [0.1, 0.15) is 11.5 Å². The molecule has 0 saturated carbocycles. The number of benzene rings is 2. The summed E-state index contributed by atoms with van der Waals surface area (Å²) in [6.45, 7) is 0.518. The SMILES string of the molecule is NCc1ccc(Oc2ccc(I)cc2)cc1Br. The van der Waals surface area contributed by atoms with Gasteiger partial charge in [0.05, 0.1) is 0 Å². The summed E-state index contributed by atoms with van der Waals surface area (Å²) < 4.78 is 7.90. The summed E-state index contributed by atoms with van der Waals surface area (Å²) in [5, 5.41) is 0. The summed E-state index contributed by atoms with van der Waals surface area (Å²) in [5.41, 5.74) is 6.67. The number of halogens is 2. The zero-order valence-corrected chi connectivity index (χ0v) is 12.7. The van der Waals surface area contributed by atoms with Gasteiger partial charge in [0, 0.05) is 14.6 Å². The molecule has 0 saturated heterocycles. The maximum Gasteiger partial charge on any atom is 0.128 e. The van der Waals surface area contributed by atoms with Gasteiger partial charge in [-0.15, -0.1) is 0 Å². The molecule has 2 rings (SSSR count). The van der Waals surface area contributed by atoms with Gasteiger partial charge in [-0.2, -0.15) is 0 Å². The lowest BCUT2D eigenvalue weighted by molar-refractivity contribution is 0.482. The average Bonchev–Trinajstić information content (AvgIpc) is 2.32. The number of ether oxygens (including phenoxy) is 1. The van der Waals surface area contributed by atoms with Crippen molar-refractivity contribution in [1.82, 2.24) is 0 Å². The fourth-order valence-electron chi connectivity index (χ4n) is 1.40. The normalized spacial score (nSPS) is 10.3. The molecule has 0 fully saturated rings. The van der Waals surface area contributed by atoms with Crippen molar-refractivity contribution in [3.05, 3.63) is 56.1 Å². The van der Waals surface area contributed by atoms with E-state index >= 15 is 0 Å². The highest BCUT2D eigenvalue weighted by Crippen LogP contribution is 2.27. The Hall–Kier alpha value is -0.590. The van der Waals surface area contributed by atoms with E-state index in [9.17, 15) is 0 Å². The summed E-state index contributed by atoms with van der Waals surface area (Å²) in [4.78, 5) is 0. The molecule has 0 atom stereocenters. The first-order chi connectivity index (χ1) is 8.19. The molecule has 0 spiro atoms. The van der Waals surface area contributed by atoms with Crippen LogP contribution in [0.25, 0.3) is 0 Å². The fraction of sp³-hybridized carbons (Fsp3) is 0.0769. The van der Waals surface area contributed by atoms with Gasteiger partial charge in [-0.25, -0.2) is 0 Å². The molecule has 0 aliphatic heterocycles. The predicted molar refractivity (Wildman–Crippen MR) is 81.3 cm³/mol. The Balaban J connectivity index is 2.19. The fourth-order valence-corrected chi connectivity index (χ4v) is 2.28. The minimum atomic E-state index is 0.518. The van der Waals surface area contributed by atoms with Crippen LogP contribution in [0.5, 0.6) is 11.5 Å². The van der Waals surface area contributed by atoms with E-state index in [1.807, 2.05) is 42.5 Å². The summed E-state index contributed by atoms with van der Waals surface area (Å²) in [7, 11) is 0. The molecular weight excluding hydrogens is 393 g/mol. The van der Waals surface area contributed by atoms with Gasteiger partial charge in [0.2, 0.25) is 0 Å². The average molecular weight is 404 g/mol. The van der Waals surface area contributed by atoms with Gasteiger partial charge in [-0.1, -0.05) is 22.0 Å². The molecule has 2 nitrogen and oxygen atoms in total. The maximum absolute atomic E-state index is 5.74. The van der Waals surface area contributed by atoms with Crippen LogP contribution in [0.3, 0.4) is 0 Å². The minimum Gasteiger partial charge on any atom is -0.457 e. The van der Waals surface area contributed by atoms with E-state index in [1.54, 1.807) is 0 Å². The van der Waals surface area contributed by atoms with Crippen molar-refractivity contribution in [3.63, 3.8) is 0 Å². The first-order valence-electron chi connectivity index (χ1n) is 5.11. The van der Waals surface area contributed by atoms with Crippen molar-refractivity contribution >= 4 is 38.5 Å². The Morgan fingerprint density at radius 3 is 2.29 bits per heavy atom. The number of hydrogen-bond acceptors (Lipinski definition) is 2. The number of nitrogens with two attached hydrogens (primary N) is 1. The van der Waals surface area contributed by atoms with Crippen molar-refractivity contribution in [3.8, 4) is 11.5 Å². The zero-order chi connectivity index (χ0) is 12.3. The van der Waals surface area contributed by atoms with E-state index in [0.29, 0.717) is 6.54 Å². The molecule has 0 unspecified atom stereocenters. The van der Waals surface area contributed by atoms with E-state index in [0.717, 1.165) is 21.5 Å². The van der Waals surface area contributed by atoms with Crippen LogP contribution in [0, 0.1) is 3.57 Å². The molecule has 0 aromatic heterocycles. The molecule has 0 amide bonds. The van der Waals surface area contributed by atoms with Gasteiger partial charge in [-0.05, 0) is 64.6 Å². The highest BCUT2D eigenvalue weighted by Gasteiger charge is 2.02. The lowest BCUT2D eigenvalue weighted by Gasteiger charge is -2.08. The summed E-state index contributed by atoms with van der Waals surface area (Å²) in [6.07, 6.45) is 0. The van der Waals surface area contributed by atoms with E-state index in [4.69, 9.17) is 10.5 Å². The maximum atomic E-state index is 5.74. The van der Waals surface area contributed by atoms with Crippen LogP contribution in [-0.4, -0.2) is 0 Å². The lowest BCUT2D eigenvalue weighted by atomic mass is 10.2. The van der Waals surface area contributed by atoms with Crippen LogP contribution in [0.2, 0.25) is 0 Å². The molecule has 0 aliphatic rings. The summed E-state index contributed by atoms with van der Waals surface area (Å²) >= 11 is 5.74. The van der Waals surface area contributed by atoms with Gasteiger partial charge in [0.15, 0.2) is 0 Å². The lowest BCUT2D eigenvalue weighted by Crippen LogP contribution is -1.97. The van der Waals surface area contributed by atoms with Gasteiger partial charge in [-0.3, -0.25) is 0 Å². The third kappa shape index (κ3) is 3.43. The van der Waals surface area contributed by atoms with Crippen molar-refractivity contribution in [2.45, 2.75) is 6.54 Å². The third-order valence-electron chi connectivity index (χ3n) is 2.29. The van der Waals surface area contributed by atoms with Crippen LogP contribution in [0.1, 0.15) is 5.56 Å². The molecule has 4 heteroatoms. The number of hydrogen-bond donors (Lipinski definition) is 1. The first kappa shape index (κ1) is 12.9. The molecule has 0 heterocycles. The molecule has 88 valence electrons. The van der Waals surface area contributed by atoms with Gasteiger partial charge < -0.3 is 10.5 Å². The van der Waals surface area contributed by atoms with Crippen molar-refractivity contribution in [1.29, 1.82) is 0 Å². The second-order valence-electron chi connectivity index (χ2n) is 3.51. The molecule has 0 bridgehead atoms. The highest BCUT2D eigenvalue weighted by molar-refractivity contribution is 14.1. The zero-order valence-electron chi connectivity index (χ0n) is 8.99. The Morgan fingerprint density at radius 2 is 1.71 bits per heavy atom. The van der Waals surface area contributed by atoms with E-state index in [2.05, 4.69) is 38.5 Å². The van der Waals surface area contributed by atoms with Crippen LogP contribution in [-0.2, 0) is 6.54 Å². The Kier molecular flexibility index (Phi) is 4.42. The topological polar surface area (TPSA) is 35.2 Å². The van der Waals surface area contributed by atoms with Crippen LogP contribution >= 0.6 is 38.5 Å². The van der Waals surface area contributed by atoms with Gasteiger partial charge in [0.25, 0.3) is 0 Å². The molecule has 0 radical (unpaired) electrons. The van der Waals surface area contributed by atoms with Crippen LogP contribution in [0.4, 0.5) is 0 Å². The van der Waals surface area contributed by atoms with Crippen molar-refractivity contribution < 1.29 is 4.74 Å². The largest absolute Gasteiger partial charge is 0.457 e. The quantitative estimate of drug-likeness (QED) is 0.775. The van der Waals surface area contributed by atoms with Gasteiger partial charge >= 0.3 is 0 Å². The predicted octanol–water partition coefficient (Wildman–Crippen LogP) is 4.30. The van der Waals surface area contributed by atoms with Crippen molar-refractivity contribution in [2.24, 2.45) is 5.73 Å². The summed E-state index contributed by atoms with van der Waals surface area (Å²) in [6, 6.07) is 13.7. The van der Waals surface area contributed by atoms with Crippen LogP contribution < -0.4 is 10.5 Å². The molecule has 2 N–H and O–H groups in total. The summed E-state index contributed by atoms with van der Waals surface area (Å²) in [5.74, 6) is 1.63. The Morgan fingerprint density at radius 1 is 1.06 bits per heavy atom. The molecule has 2 aromatic rings. The Labute approximate surface area is 122 Å². The smallest absolute Gasteiger partial charge is 0.128 e. The first-order valence-corrected chi connectivity index (χ1v) is 6.98.